The van der Waals surface area contributed by atoms with E-state index in [9.17, 15) is 9.18 Å². The van der Waals surface area contributed by atoms with E-state index >= 15 is 0 Å². The maximum absolute atomic E-state index is 13.9. The Bertz CT molecular complexity index is 671. The van der Waals surface area contributed by atoms with Crippen LogP contribution in [-0.2, 0) is 0 Å². The highest BCUT2D eigenvalue weighted by Gasteiger charge is 2.11. The lowest BCUT2D eigenvalue weighted by Crippen LogP contribution is -2.22. The molecule has 0 spiro atoms. The maximum Gasteiger partial charge on any atom is 0.251 e. The number of carbonyl (C=O) groups is 1. The fraction of sp³-hybridized carbons (Fsp3) is 0.188. The molecule has 110 valence electrons. The van der Waals surface area contributed by atoms with E-state index < -0.39 is 5.82 Å². The molecule has 0 aliphatic rings. The van der Waals surface area contributed by atoms with Gasteiger partial charge in [-0.2, -0.15) is 0 Å². The van der Waals surface area contributed by atoms with Crippen molar-refractivity contribution < 1.29 is 13.9 Å². The molecule has 0 aliphatic carbocycles. The van der Waals surface area contributed by atoms with Crippen molar-refractivity contribution in [3.8, 4) is 11.5 Å². The first-order valence-electron chi connectivity index (χ1n) is 6.63. The van der Waals surface area contributed by atoms with Crippen LogP contribution in [0.5, 0.6) is 11.5 Å². The number of hydrogen-bond acceptors (Lipinski definition) is 3. The number of benzene rings is 2. The van der Waals surface area contributed by atoms with Crippen LogP contribution >= 0.6 is 0 Å². The largest absolute Gasteiger partial charge is 0.452 e. The third-order valence-electron chi connectivity index (χ3n) is 2.99. The van der Waals surface area contributed by atoms with Gasteiger partial charge in [-0.1, -0.05) is 12.1 Å². The number of aryl methyl sites for hydroxylation is 1. The van der Waals surface area contributed by atoms with Crippen molar-refractivity contribution >= 4 is 11.6 Å². The number of anilines is 1. The third kappa shape index (κ3) is 3.31. The van der Waals surface area contributed by atoms with Gasteiger partial charge in [0.05, 0.1) is 5.69 Å². The summed E-state index contributed by atoms with van der Waals surface area (Å²) in [4.78, 5) is 11.7. The van der Waals surface area contributed by atoms with Crippen LogP contribution in [0.1, 0.15) is 22.8 Å². The van der Waals surface area contributed by atoms with Gasteiger partial charge in [-0.3, -0.25) is 4.79 Å². The molecule has 0 saturated carbocycles. The maximum atomic E-state index is 13.9. The first kappa shape index (κ1) is 14.8. The summed E-state index contributed by atoms with van der Waals surface area (Å²) in [5.41, 5.74) is 7.07. The van der Waals surface area contributed by atoms with E-state index in [0.29, 0.717) is 23.4 Å². The van der Waals surface area contributed by atoms with E-state index in [1.54, 1.807) is 31.2 Å². The molecule has 21 heavy (non-hydrogen) atoms. The van der Waals surface area contributed by atoms with Gasteiger partial charge in [0.25, 0.3) is 5.91 Å². The summed E-state index contributed by atoms with van der Waals surface area (Å²) in [5, 5.41) is 2.68. The SMILES string of the molecule is CCNC(=O)c1ccc(Oc2cccc(C)c2F)c(N)c1. The lowest BCUT2D eigenvalue weighted by molar-refractivity contribution is 0.0956. The Morgan fingerprint density at radius 3 is 2.71 bits per heavy atom. The van der Waals surface area contributed by atoms with Gasteiger partial charge < -0.3 is 15.8 Å². The van der Waals surface area contributed by atoms with Crippen LogP contribution in [0.15, 0.2) is 36.4 Å². The number of carbonyl (C=O) groups excluding carboxylic acids is 1. The molecule has 2 aromatic rings. The van der Waals surface area contributed by atoms with Crippen LogP contribution in [0.25, 0.3) is 0 Å². The Morgan fingerprint density at radius 1 is 1.29 bits per heavy atom. The van der Waals surface area contributed by atoms with Crippen molar-refractivity contribution in [3.05, 3.63) is 53.3 Å². The summed E-state index contributed by atoms with van der Waals surface area (Å²) >= 11 is 0. The predicted octanol–water partition coefficient (Wildman–Crippen LogP) is 3.26. The molecular formula is C16H17FN2O2. The molecule has 4 nitrogen and oxygen atoms in total. The third-order valence-corrected chi connectivity index (χ3v) is 2.99. The molecule has 0 saturated heterocycles. The highest BCUT2D eigenvalue weighted by Crippen LogP contribution is 2.30. The van der Waals surface area contributed by atoms with E-state index in [1.807, 2.05) is 6.92 Å². The molecule has 0 fully saturated rings. The lowest BCUT2D eigenvalue weighted by Gasteiger charge is -2.11. The number of nitrogens with one attached hydrogen (secondary N) is 1. The molecule has 0 aromatic heterocycles. The topological polar surface area (TPSA) is 64.3 Å². The molecule has 0 bridgehead atoms. The van der Waals surface area contributed by atoms with Crippen molar-refractivity contribution in [2.24, 2.45) is 0 Å². The molecule has 2 rings (SSSR count). The Balaban J connectivity index is 2.25. The minimum atomic E-state index is -0.426. The predicted molar refractivity (Wildman–Crippen MR) is 80.1 cm³/mol. The quantitative estimate of drug-likeness (QED) is 0.849. The van der Waals surface area contributed by atoms with Crippen molar-refractivity contribution in [1.29, 1.82) is 0 Å². The number of ether oxygens (including phenoxy) is 1. The lowest BCUT2D eigenvalue weighted by atomic mass is 10.1. The summed E-state index contributed by atoms with van der Waals surface area (Å²) < 4.78 is 19.4. The Labute approximate surface area is 122 Å². The van der Waals surface area contributed by atoms with Gasteiger partial charge in [-0.15, -0.1) is 0 Å². The first-order valence-corrected chi connectivity index (χ1v) is 6.63. The zero-order chi connectivity index (χ0) is 15.4. The van der Waals surface area contributed by atoms with Crippen LogP contribution in [-0.4, -0.2) is 12.5 Å². The number of rotatable bonds is 4. The normalized spacial score (nSPS) is 10.2. The number of hydrogen-bond donors (Lipinski definition) is 2. The molecular weight excluding hydrogens is 271 g/mol. The number of nitrogens with two attached hydrogens (primary N) is 1. The van der Waals surface area contributed by atoms with Crippen LogP contribution in [0, 0.1) is 12.7 Å². The molecule has 0 atom stereocenters. The molecule has 0 aliphatic heterocycles. The van der Waals surface area contributed by atoms with E-state index in [1.165, 1.54) is 12.1 Å². The van der Waals surface area contributed by atoms with Crippen LogP contribution in [0.4, 0.5) is 10.1 Å². The van der Waals surface area contributed by atoms with Gasteiger partial charge >= 0.3 is 0 Å². The van der Waals surface area contributed by atoms with Gasteiger partial charge in [0.1, 0.15) is 0 Å². The minimum Gasteiger partial charge on any atom is -0.452 e. The average Bonchev–Trinajstić information content (AvgIpc) is 2.46. The second kappa shape index (κ2) is 6.26. The van der Waals surface area contributed by atoms with Crippen molar-refractivity contribution in [2.75, 3.05) is 12.3 Å². The summed E-state index contributed by atoms with van der Waals surface area (Å²) in [7, 11) is 0. The van der Waals surface area contributed by atoms with Crippen molar-refractivity contribution in [2.45, 2.75) is 13.8 Å². The summed E-state index contributed by atoms with van der Waals surface area (Å²) in [5.74, 6) is -0.220. The fourth-order valence-electron chi connectivity index (χ4n) is 1.86. The standard InChI is InChI=1S/C16H17FN2O2/c1-3-19-16(20)11-7-8-13(12(18)9-11)21-14-6-4-5-10(2)15(14)17/h4-9H,3,18H2,1-2H3,(H,19,20). The van der Waals surface area contributed by atoms with Crippen molar-refractivity contribution in [1.82, 2.24) is 5.32 Å². The van der Waals surface area contributed by atoms with Crippen LogP contribution in [0.2, 0.25) is 0 Å². The van der Waals surface area contributed by atoms with E-state index in [-0.39, 0.29) is 17.3 Å². The number of halogens is 1. The van der Waals surface area contributed by atoms with E-state index in [4.69, 9.17) is 10.5 Å². The summed E-state index contributed by atoms with van der Waals surface area (Å²) in [6, 6.07) is 9.54. The Kier molecular flexibility index (Phi) is 4.42. The molecule has 1 amide bonds. The molecule has 3 N–H and O–H groups in total. The fourth-order valence-corrected chi connectivity index (χ4v) is 1.86. The van der Waals surface area contributed by atoms with Gasteiger partial charge in [0, 0.05) is 12.1 Å². The highest BCUT2D eigenvalue weighted by atomic mass is 19.1. The molecule has 2 aromatic carbocycles. The van der Waals surface area contributed by atoms with Gasteiger partial charge in [-0.05, 0) is 43.7 Å². The van der Waals surface area contributed by atoms with Crippen molar-refractivity contribution in [3.63, 3.8) is 0 Å². The summed E-state index contributed by atoms with van der Waals surface area (Å²) in [6.45, 7) is 4.02. The zero-order valence-electron chi connectivity index (χ0n) is 11.9. The number of amides is 1. The zero-order valence-corrected chi connectivity index (χ0v) is 11.9. The van der Waals surface area contributed by atoms with E-state index in [2.05, 4.69) is 5.32 Å². The van der Waals surface area contributed by atoms with Gasteiger partial charge in [-0.25, -0.2) is 4.39 Å². The van der Waals surface area contributed by atoms with Crippen LogP contribution < -0.4 is 15.8 Å². The second-order valence-corrected chi connectivity index (χ2v) is 4.60. The highest BCUT2D eigenvalue weighted by molar-refractivity contribution is 5.95. The monoisotopic (exact) mass is 288 g/mol. The molecule has 0 unspecified atom stereocenters. The second-order valence-electron chi connectivity index (χ2n) is 4.60. The minimum absolute atomic E-state index is 0.104. The first-order chi connectivity index (χ1) is 10.0. The Morgan fingerprint density at radius 2 is 2.05 bits per heavy atom. The van der Waals surface area contributed by atoms with E-state index in [0.717, 1.165) is 0 Å². The average molecular weight is 288 g/mol. The van der Waals surface area contributed by atoms with Gasteiger partial charge in [0.15, 0.2) is 17.3 Å². The smallest absolute Gasteiger partial charge is 0.251 e. The Hall–Kier alpha value is -2.56. The number of nitrogen functional groups attached to an aromatic ring is 1. The molecule has 5 heteroatoms. The molecule has 0 radical (unpaired) electrons. The van der Waals surface area contributed by atoms with Gasteiger partial charge in [0.2, 0.25) is 0 Å². The summed E-state index contributed by atoms with van der Waals surface area (Å²) in [6.07, 6.45) is 0. The molecule has 0 heterocycles. The van der Waals surface area contributed by atoms with Crippen LogP contribution in [0.3, 0.4) is 0 Å².